The van der Waals surface area contributed by atoms with Crippen LogP contribution in [0.15, 0.2) is 72.2 Å². The summed E-state index contributed by atoms with van der Waals surface area (Å²) in [6.07, 6.45) is 13.9. The number of amides is 3. The lowest BCUT2D eigenvalue weighted by atomic mass is 9.74. The van der Waals surface area contributed by atoms with Gasteiger partial charge in [0.15, 0.2) is 11.5 Å². The zero-order valence-electron chi connectivity index (χ0n) is 39.7. The number of aromatic nitrogens is 5. The van der Waals surface area contributed by atoms with Gasteiger partial charge in [0.1, 0.15) is 22.8 Å². The molecule has 4 atom stereocenters. The molecule has 5 fully saturated rings. The van der Waals surface area contributed by atoms with Crippen molar-refractivity contribution in [1.82, 2.24) is 44.3 Å². The zero-order valence-corrected chi connectivity index (χ0v) is 39.7. The van der Waals surface area contributed by atoms with Crippen LogP contribution in [0.2, 0.25) is 0 Å². The van der Waals surface area contributed by atoms with Crippen molar-refractivity contribution in [3.05, 3.63) is 112 Å². The van der Waals surface area contributed by atoms with Crippen molar-refractivity contribution in [2.24, 2.45) is 0 Å². The van der Waals surface area contributed by atoms with E-state index in [4.69, 9.17) is 9.97 Å². The molecule has 9 heterocycles. The predicted molar refractivity (Wildman–Crippen MR) is 262 cm³/mol. The lowest BCUT2D eigenvalue weighted by Crippen LogP contribution is -2.63. The quantitative estimate of drug-likeness (QED) is 0.107. The molecule has 3 N–H and O–H groups in total. The summed E-state index contributed by atoms with van der Waals surface area (Å²) in [5.74, 6) is -0.212. The van der Waals surface area contributed by atoms with E-state index in [0.29, 0.717) is 82.7 Å². The van der Waals surface area contributed by atoms with Crippen LogP contribution in [0.4, 0.5) is 21.7 Å². The Morgan fingerprint density at radius 1 is 0.914 bits per heavy atom. The van der Waals surface area contributed by atoms with E-state index in [1.165, 1.54) is 35.8 Å². The van der Waals surface area contributed by atoms with Gasteiger partial charge in [-0.15, -0.1) is 6.58 Å². The maximum Gasteiger partial charge on any atom is 0.278 e. The second-order valence-electron chi connectivity index (χ2n) is 20.8. The number of carbonyl (C=O) groups is 3. The molecule has 2 bridgehead atoms. The van der Waals surface area contributed by atoms with E-state index in [1.54, 1.807) is 27.7 Å². The molecule has 3 unspecified atom stereocenters. The molecule has 5 aromatic rings. The number of pyridine rings is 1. The van der Waals surface area contributed by atoms with Crippen molar-refractivity contribution < 1.29 is 23.9 Å². The number of hydrogen-bond donors (Lipinski definition) is 3. The first kappa shape index (κ1) is 44.9. The molecule has 5 saturated heterocycles. The van der Waals surface area contributed by atoms with Crippen LogP contribution in [0.3, 0.4) is 0 Å². The smallest absolute Gasteiger partial charge is 0.278 e. The highest BCUT2D eigenvalue weighted by atomic mass is 19.1. The largest absolute Gasteiger partial charge is 0.384 e. The van der Waals surface area contributed by atoms with Crippen molar-refractivity contribution in [2.75, 3.05) is 36.4 Å². The summed E-state index contributed by atoms with van der Waals surface area (Å²) in [5.41, 5.74) is 4.62. The van der Waals surface area contributed by atoms with E-state index in [-0.39, 0.29) is 43.3 Å². The highest BCUT2D eigenvalue weighted by molar-refractivity contribution is 6.05. The van der Waals surface area contributed by atoms with E-state index in [9.17, 15) is 24.3 Å². The minimum atomic E-state index is -1.00. The zero-order chi connectivity index (χ0) is 48.0. The van der Waals surface area contributed by atoms with Crippen molar-refractivity contribution in [2.45, 2.75) is 139 Å². The Morgan fingerprint density at radius 3 is 2.41 bits per heavy atom. The third kappa shape index (κ3) is 7.62. The maximum absolute atomic E-state index is 15.6. The molecule has 3 amide bonds. The van der Waals surface area contributed by atoms with Gasteiger partial charge in [0.2, 0.25) is 17.8 Å². The van der Waals surface area contributed by atoms with E-state index >= 15 is 4.39 Å². The Balaban J connectivity index is 0.668. The average Bonchev–Trinajstić information content (AvgIpc) is 3.95. The van der Waals surface area contributed by atoms with Gasteiger partial charge in [0.05, 0.1) is 17.9 Å². The fraction of sp³-hybridized carbons (Fsp3) is 0.491. The number of hydrogen-bond acceptors (Lipinski definition) is 12. The molecular formula is C53H60FN11O5. The van der Waals surface area contributed by atoms with E-state index in [2.05, 4.69) is 61.2 Å². The predicted octanol–water partition coefficient (Wildman–Crippen LogP) is 5.80. The molecule has 3 aromatic heterocycles. The Kier molecular flexibility index (Phi) is 11.2. The summed E-state index contributed by atoms with van der Waals surface area (Å²) in [7, 11) is 0. The van der Waals surface area contributed by atoms with Gasteiger partial charge >= 0.3 is 0 Å². The number of aryl methyl sites for hydroxylation is 1. The maximum atomic E-state index is 15.6. The topological polar surface area (TPSA) is 174 Å². The van der Waals surface area contributed by atoms with E-state index in [0.717, 1.165) is 75.1 Å². The van der Waals surface area contributed by atoms with E-state index < -0.39 is 23.4 Å². The first-order valence-corrected chi connectivity index (χ1v) is 25.4. The summed E-state index contributed by atoms with van der Waals surface area (Å²) in [4.78, 5) is 74.5. The normalized spacial score (nSPS) is 26.4. The van der Waals surface area contributed by atoms with Crippen LogP contribution in [-0.2, 0) is 34.7 Å². The number of allylic oxidation sites excluding steroid dienone is 1. The molecule has 6 aliphatic heterocycles. The third-order valence-electron chi connectivity index (χ3n) is 16.9. The Labute approximate surface area is 405 Å². The van der Waals surface area contributed by atoms with Crippen molar-refractivity contribution in [3.8, 4) is 5.82 Å². The van der Waals surface area contributed by atoms with Gasteiger partial charge in [-0.25, -0.2) is 23.7 Å². The summed E-state index contributed by atoms with van der Waals surface area (Å²) in [6, 6.07) is 17.0. The van der Waals surface area contributed by atoms with E-state index in [1.807, 2.05) is 19.1 Å². The number of imide groups is 1. The van der Waals surface area contributed by atoms with Crippen LogP contribution >= 0.6 is 0 Å². The number of benzene rings is 2. The monoisotopic (exact) mass is 949 g/mol. The van der Waals surface area contributed by atoms with Crippen LogP contribution in [0.25, 0.3) is 16.9 Å². The van der Waals surface area contributed by atoms with Crippen LogP contribution in [0, 0.1) is 5.82 Å². The van der Waals surface area contributed by atoms with Crippen LogP contribution in [0.5, 0.6) is 0 Å². The molecule has 1 aliphatic carbocycles. The Bertz CT molecular complexity index is 2980. The highest BCUT2D eigenvalue weighted by Gasteiger charge is 2.45. The lowest BCUT2D eigenvalue weighted by molar-refractivity contribution is -0.136. The minimum Gasteiger partial charge on any atom is -0.384 e. The second kappa shape index (κ2) is 17.5. The number of carbonyl (C=O) groups excluding carboxylic acids is 3. The SMILES string of the molecule is C=CCn1c(=O)c2cnc(Nc3ccc(C4CC5CCCC(C4)N5C4CCN(C5CN(c6cc7c(cc6F)C(=O)N(C6CCC(=O)NC6=O)C7)C5)CC4)cc3)nc2n1-c1ccc2c(n1)[C@@](O)(CC)CC2. The summed E-state index contributed by atoms with van der Waals surface area (Å²) in [6.45, 7) is 9.87. The minimum absolute atomic E-state index is 0.181. The molecule has 12 rings (SSSR count). The average molecular weight is 950 g/mol. The molecule has 0 saturated carbocycles. The number of rotatable bonds is 11. The number of nitrogens with one attached hydrogen (secondary N) is 2. The van der Waals surface area contributed by atoms with Gasteiger partial charge in [0, 0.05) is 80.8 Å². The summed E-state index contributed by atoms with van der Waals surface area (Å²) >= 11 is 0. The van der Waals surface area contributed by atoms with Crippen LogP contribution < -0.4 is 21.1 Å². The number of aliphatic hydroxyl groups is 1. The molecule has 17 heteroatoms. The molecule has 0 spiro atoms. The highest BCUT2D eigenvalue weighted by Crippen LogP contribution is 2.45. The first-order chi connectivity index (χ1) is 34.0. The number of anilines is 3. The molecule has 16 nitrogen and oxygen atoms in total. The van der Waals surface area contributed by atoms with Crippen LogP contribution in [0.1, 0.15) is 116 Å². The number of likely N-dealkylation sites (tertiary alicyclic amines) is 1. The van der Waals surface area contributed by atoms with Crippen molar-refractivity contribution in [3.63, 3.8) is 0 Å². The Morgan fingerprint density at radius 2 is 1.69 bits per heavy atom. The summed E-state index contributed by atoms with van der Waals surface area (Å²) < 4.78 is 18.8. The number of halogens is 1. The van der Waals surface area contributed by atoms with Gasteiger partial charge in [0.25, 0.3) is 11.5 Å². The fourth-order valence-electron chi connectivity index (χ4n) is 13.1. The number of piperidine rings is 4. The van der Waals surface area contributed by atoms with Crippen LogP contribution in [-0.4, -0.2) is 118 Å². The second-order valence-corrected chi connectivity index (χ2v) is 20.8. The van der Waals surface area contributed by atoms with Crippen molar-refractivity contribution in [1.29, 1.82) is 0 Å². The summed E-state index contributed by atoms with van der Waals surface area (Å²) in [5, 5.41) is 17.4. The van der Waals surface area contributed by atoms with Gasteiger partial charge in [-0.05, 0) is 117 Å². The van der Waals surface area contributed by atoms with Gasteiger partial charge in [-0.1, -0.05) is 37.6 Å². The molecule has 364 valence electrons. The number of fused-ring (bicyclic) bond motifs is 5. The molecule has 7 aliphatic rings. The Hall–Kier alpha value is -6.30. The lowest BCUT2D eigenvalue weighted by Gasteiger charge is -2.55. The molecule has 2 aromatic carbocycles. The standard InChI is InChI=1S/C53H60FN11O5/c1-3-20-63-51(69)41-27-55-52(59-48(41)65(63)45-14-10-32-16-19-53(70,4-2)47(32)57-45)56-35-11-8-31(9-12-35)33-23-37-6-5-7-38(24-33)64(37)36-17-21-60(22-18-36)39-29-61(30-39)44-25-34-28-62(50(68)40(34)26-42(44)54)43-13-15-46(66)58-49(43)67/h3,8-12,14,25-27,33,36-39,43,70H,1,4-7,13,15-24,28-30H2,2H3,(H,55,56,59)(H,58,66,67)/t33?,37?,38?,43?,53-/m1/s1. The fourth-order valence-corrected chi connectivity index (χ4v) is 13.1. The molecular weight excluding hydrogens is 890 g/mol. The number of nitrogens with zero attached hydrogens (tertiary/aromatic N) is 9. The van der Waals surface area contributed by atoms with Gasteiger partial charge in [-0.2, -0.15) is 4.98 Å². The van der Waals surface area contributed by atoms with Gasteiger partial charge < -0.3 is 20.2 Å². The van der Waals surface area contributed by atoms with Gasteiger partial charge in [-0.3, -0.25) is 34.3 Å². The third-order valence-corrected chi connectivity index (χ3v) is 16.9. The van der Waals surface area contributed by atoms with Crippen molar-refractivity contribution >= 4 is 46.1 Å². The molecule has 0 radical (unpaired) electrons. The molecule has 70 heavy (non-hydrogen) atoms. The first-order valence-electron chi connectivity index (χ1n) is 25.4.